The normalized spacial score (nSPS) is 10.4. The number of amides is 1. The van der Waals surface area contributed by atoms with Crippen LogP contribution in [0.2, 0.25) is 0 Å². The standard InChI is InChI=1S/C13H17N3O3/c1-3-16(4-2)11-6-5-10(9-14-11)15-12(17)7-8-13(18)19/h5-9H,3-4H2,1-2H3,(H,15,17)(H,18,19)/b8-7+. The smallest absolute Gasteiger partial charge is 0.328 e. The van der Waals surface area contributed by atoms with Crippen molar-refractivity contribution in [3.05, 3.63) is 30.5 Å². The molecule has 0 aliphatic carbocycles. The molecule has 0 saturated carbocycles. The van der Waals surface area contributed by atoms with Crippen molar-refractivity contribution in [2.45, 2.75) is 13.8 Å². The van der Waals surface area contributed by atoms with Crippen molar-refractivity contribution in [2.24, 2.45) is 0 Å². The molecule has 2 N–H and O–H groups in total. The molecular weight excluding hydrogens is 246 g/mol. The van der Waals surface area contributed by atoms with Crippen molar-refractivity contribution >= 4 is 23.4 Å². The van der Waals surface area contributed by atoms with Gasteiger partial charge >= 0.3 is 5.97 Å². The molecule has 1 heterocycles. The quantitative estimate of drug-likeness (QED) is 0.760. The molecule has 0 unspecified atom stereocenters. The van der Waals surface area contributed by atoms with Crippen LogP contribution in [0.1, 0.15) is 13.8 Å². The number of anilines is 2. The zero-order chi connectivity index (χ0) is 14.3. The molecule has 1 amide bonds. The van der Waals surface area contributed by atoms with Crippen LogP contribution in [-0.2, 0) is 9.59 Å². The molecule has 1 rings (SSSR count). The first-order valence-electron chi connectivity index (χ1n) is 5.99. The number of nitrogens with zero attached hydrogens (tertiary/aromatic N) is 2. The lowest BCUT2D eigenvalue weighted by Gasteiger charge is -2.19. The predicted octanol–water partition coefficient (Wildman–Crippen LogP) is 1.51. The highest BCUT2D eigenvalue weighted by Crippen LogP contribution is 2.13. The van der Waals surface area contributed by atoms with E-state index in [1.54, 1.807) is 12.3 Å². The number of nitrogens with one attached hydrogen (secondary N) is 1. The first-order chi connectivity index (χ1) is 9.06. The second-order valence-electron chi connectivity index (χ2n) is 3.74. The van der Waals surface area contributed by atoms with Gasteiger partial charge in [0.05, 0.1) is 11.9 Å². The number of hydrogen-bond donors (Lipinski definition) is 2. The minimum absolute atomic E-state index is 0.500. The number of carbonyl (C=O) groups excluding carboxylic acids is 1. The molecular formula is C13H17N3O3. The summed E-state index contributed by atoms with van der Waals surface area (Å²) in [5, 5.41) is 10.9. The molecule has 0 fully saturated rings. The first kappa shape index (κ1) is 14.7. The van der Waals surface area contributed by atoms with Gasteiger partial charge in [0.2, 0.25) is 5.91 Å². The van der Waals surface area contributed by atoms with Gasteiger partial charge in [-0.25, -0.2) is 9.78 Å². The van der Waals surface area contributed by atoms with Gasteiger partial charge in [-0.05, 0) is 26.0 Å². The van der Waals surface area contributed by atoms with Gasteiger partial charge in [0, 0.05) is 25.2 Å². The number of aliphatic carboxylic acids is 1. The predicted molar refractivity (Wildman–Crippen MR) is 73.2 cm³/mol. The second-order valence-corrected chi connectivity index (χ2v) is 3.74. The lowest BCUT2D eigenvalue weighted by atomic mass is 10.3. The van der Waals surface area contributed by atoms with E-state index in [1.165, 1.54) is 0 Å². The molecule has 19 heavy (non-hydrogen) atoms. The molecule has 0 aromatic carbocycles. The van der Waals surface area contributed by atoms with E-state index in [4.69, 9.17) is 5.11 Å². The van der Waals surface area contributed by atoms with Crippen LogP contribution in [-0.4, -0.2) is 35.1 Å². The Morgan fingerprint density at radius 2 is 2.00 bits per heavy atom. The van der Waals surface area contributed by atoms with Gasteiger partial charge in [-0.3, -0.25) is 4.79 Å². The van der Waals surface area contributed by atoms with Crippen LogP contribution >= 0.6 is 0 Å². The van der Waals surface area contributed by atoms with Crippen molar-refractivity contribution < 1.29 is 14.7 Å². The van der Waals surface area contributed by atoms with E-state index >= 15 is 0 Å². The van der Waals surface area contributed by atoms with Gasteiger partial charge in [0.1, 0.15) is 5.82 Å². The molecule has 0 bridgehead atoms. The van der Waals surface area contributed by atoms with Gasteiger partial charge in [-0.15, -0.1) is 0 Å². The summed E-state index contributed by atoms with van der Waals surface area (Å²) >= 11 is 0. The van der Waals surface area contributed by atoms with Crippen LogP contribution in [0, 0.1) is 0 Å². The number of aromatic nitrogens is 1. The molecule has 0 spiro atoms. The summed E-state index contributed by atoms with van der Waals surface area (Å²) in [7, 11) is 0. The highest BCUT2D eigenvalue weighted by Gasteiger charge is 2.04. The average Bonchev–Trinajstić information content (AvgIpc) is 2.40. The van der Waals surface area contributed by atoms with Gasteiger partial charge in [0.25, 0.3) is 0 Å². The molecule has 1 aromatic rings. The fourth-order valence-electron chi connectivity index (χ4n) is 1.53. The second kappa shape index (κ2) is 7.15. The summed E-state index contributed by atoms with van der Waals surface area (Å²) in [5.41, 5.74) is 0.524. The Morgan fingerprint density at radius 1 is 1.32 bits per heavy atom. The lowest BCUT2D eigenvalue weighted by molar-refractivity contribution is -0.131. The summed E-state index contributed by atoms with van der Waals surface area (Å²) in [6, 6.07) is 3.54. The molecule has 0 saturated heterocycles. The molecule has 6 heteroatoms. The largest absolute Gasteiger partial charge is 0.478 e. The Hall–Kier alpha value is -2.37. The van der Waals surface area contributed by atoms with Gasteiger partial charge in [-0.2, -0.15) is 0 Å². The van der Waals surface area contributed by atoms with E-state index in [2.05, 4.69) is 15.2 Å². The van der Waals surface area contributed by atoms with E-state index in [0.29, 0.717) is 5.69 Å². The average molecular weight is 263 g/mol. The Balaban J connectivity index is 2.66. The molecule has 1 aromatic heterocycles. The topological polar surface area (TPSA) is 82.5 Å². The lowest BCUT2D eigenvalue weighted by Crippen LogP contribution is -2.22. The van der Waals surface area contributed by atoms with Gasteiger partial charge < -0.3 is 15.3 Å². The Morgan fingerprint density at radius 3 is 2.47 bits per heavy atom. The Labute approximate surface area is 111 Å². The van der Waals surface area contributed by atoms with Crippen molar-refractivity contribution in [2.75, 3.05) is 23.3 Å². The molecule has 0 atom stereocenters. The maximum Gasteiger partial charge on any atom is 0.328 e. The number of hydrogen-bond acceptors (Lipinski definition) is 4. The van der Waals surface area contributed by atoms with Crippen LogP contribution in [0.3, 0.4) is 0 Å². The SMILES string of the molecule is CCN(CC)c1ccc(NC(=O)/C=C/C(=O)O)cn1. The Kier molecular flexibility index (Phi) is 5.53. The van der Waals surface area contributed by atoms with E-state index < -0.39 is 11.9 Å². The summed E-state index contributed by atoms with van der Waals surface area (Å²) in [5.74, 6) is -0.825. The van der Waals surface area contributed by atoms with Crippen molar-refractivity contribution in [1.29, 1.82) is 0 Å². The highest BCUT2D eigenvalue weighted by molar-refractivity contribution is 6.02. The summed E-state index contributed by atoms with van der Waals surface area (Å²) in [6.07, 6.45) is 3.29. The van der Waals surface area contributed by atoms with E-state index in [9.17, 15) is 9.59 Å². The summed E-state index contributed by atoms with van der Waals surface area (Å²) < 4.78 is 0. The third-order valence-electron chi connectivity index (χ3n) is 2.48. The monoisotopic (exact) mass is 263 g/mol. The zero-order valence-corrected chi connectivity index (χ0v) is 11.0. The van der Waals surface area contributed by atoms with Crippen molar-refractivity contribution in [1.82, 2.24) is 4.98 Å². The number of carbonyl (C=O) groups is 2. The third kappa shape index (κ3) is 4.79. The fraction of sp³-hybridized carbons (Fsp3) is 0.308. The van der Waals surface area contributed by atoms with E-state index in [1.807, 2.05) is 19.9 Å². The summed E-state index contributed by atoms with van der Waals surface area (Å²) in [6.45, 7) is 5.79. The molecule has 0 aliphatic rings. The maximum absolute atomic E-state index is 11.3. The van der Waals surface area contributed by atoms with Crippen LogP contribution in [0.5, 0.6) is 0 Å². The Bertz CT molecular complexity index is 465. The van der Waals surface area contributed by atoms with Crippen LogP contribution in [0.25, 0.3) is 0 Å². The van der Waals surface area contributed by atoms with Gasteiger partial charge in [-0.1, -0.05) is 0 Å². The van der Waals surface area contributed by atoms with E-state index in [-0.39, 0.29) is 0 Å². The van der Waals surface area contributed by atoms with Crippen molar-refractivity contribution in [3.63, 3.8) is 0 Å². The minimum atomic E-state index is -1.16. The van der Waals surface area contributed by atoms with Crippen molar-refractivity contribution in [3.8, 4) is 0 Å². The number of carboxylic acids is 1. The van der Waals surface area contributed by atoms with Gasteiger partial charge in [0.15, 0.2) is 0 Å². The maximum atomic E-state index is 11.3. The first-order valence-corrected chi connectivity index (χ1v) is 5.99. The summed E-state index contributed by atoms with van der Waals surface area (Å²) in [4.78, 5) is 27.9. The van der Waals surface area contributed by atoms with E-state index in [0.717, 1.165) is 31.1 Å². The van der Waals surface area contributed by atoms with Crippen LogP contribution in [0.4, 0.5) is 11.5 Å². The highest BCUT2D eigenvalue weighted by atomic mass is 16.4. The number of carboxylic acid groups (broad SMARTS) is 1. The van der Waals surface area contributed by atoms with Crippen LogP contribution in [0.15, 0.2) is 30.5 Å². The zero-order valence-electron chi connectivity index (χ0n) is 11.0. The minimum Gasteiger partial charge on any atom is -0.478 e. The molecule has 0 aliphatic heterocycles. The molecule has 0 radical (unpaired) electrons. The number of pyridine rings is 1. The third-order valence-corrected chi connectivity index (χ3v) is 2.48. The molecule has 102 valence electrons. The number of rotatable bonds is 6. The molecule has 6 nitrogen and oxygen atoms in total. The van der Waals surface area contributed by atoms with Crippen LogP contribution < -0.4 is 10.2 Å². The fourth-order valence-corrected chi connectivity index (χ4v) is 1.53.